The number of rotatable bonds is 4. The molecule has 8 nitrogen and oxygen atoms in total. The van der Waals surface area contributed by atoms with Crippen LogP contribution in [0, 0.1) is 6.92 Å². The molecule has 2 N–H and O–H groups in total. The van der Waals surface area contributed by atoms with Gasteiger partial charge in [0.2, 0.25) is 5.91 Å². The van der Waals surface area contributed by atoms with E-state index >= 15 is 0 Å². The Morgan fingerprint density at radius 3 is 2.86 bits per heavy atom. The number of carboxylic acid groups (broad SMARTS) is 1. The third-order valence-electron chi connectivity index (χ3n) is 3.44. The van der Waals surface area contributed by atoms with E-state index in [4.69, 9.17) is 9.63 Å². The zero-order valence-corrected chi connectivity index (χ0v) is 11.9. The number of hydrogen-bond donors (Lipinski definition) is 2. The molecule has 2 rings (SSSR count). The molecular weight excluding hydrogens is 278 g/mol. The number of amides is 2. The maximum atomic E-state index is 12.7. The van der Waals surface area contributed by atoms with Gasteiger partial charge < -0.3 is 19.8 Å². The summed E-state index contributed by atoms with van der Waals surface area (Å²) in [6.45, 7) is 4.02. The Bertz CT molecular complexity index is 580. The summed E-state index contributed by atoms with van der Waals surface area (Å²) in [4.78, 5) is 36.7. The van der Waals surface area contributed by atoms with Gasteiger partial charge in [-0.05, 0) is 13.3 Å². The molecule has 1 atom stereocenters. The standard InChI is InChI=1S/C13H17N3O5/c1-3-8-11(7(2)21-15-8)13(20)16-5-4-14-12(19)9(16)6-10(17)18/h9H,3-6H2,1-2H3,(H,14,19)(H,17,18). The number of carbonyl (C=O) groups is 3. The Kier molecular flexibility index (Phi) is 4.25. The third kappa shape index (κ3) is 2.88. The highest BCUT2D eigenvalue weighted by atomic mass is 16.5. The summed E-state index contributed by atoms with van der Waals surface area (Å²) in [7, 11) is 0. The Morgan fingerprint density at radius 1 is 1.52 bits per heavy atom. The molecule has 0 aromatic carbocycles. The van der Waals surface area contributed by atoms with Crippen molar-refractivity contribution in [3.63, 3.8) is 0 Å². The topological polar surface area (TPSA) is 113 Å². The zero-order valence-electron chi connectivity index (χ0n) is 11.9. The second-order valence-electron chi connectivity index (χ2n) is 4.82. The van der Waals surface area contributed by atoms with Crippen LogP contribution in [0.4, 0.5) is 0 Å². The van der Waals surface area contributed by atoms with Crippen molar-refractivity contribution in [1.82, 2.24) is 15.4 Å². The number of aromatic nitrogens is 1. The molecule has 114 valence electrons. The predicted octanol–water partition coefficient (Wildman–Crippen LogP) is -0.0393. The summed E-state index contributed by atoms with van der Waals surface area (Å²) < 4.78 is 5.03. The summed E-state index contributed by atoms with van der Waals surface area (Å²) >= 11 is 0. The lowest BCUT2D eigenvalue weighted by molar-refractivity contribution is -0.142. The molecule has 1 unspecified atom stereocenters. The van der Waals surface area contributed by atoms with E-state index in [1.165, 1.54) is 4.90 Å². The lowest BCUT2D eigenvalue weighted by atomic mass is 10.0. The van der Waals surface area contributed by atoms with Crippen LogP contribution in [0.25, 0.3) is 0 Å². The van der Waals surface area contributed by atoms with Crippen LogP contribution in [0.3, 0.4) is 0 Å². The molecule has 1 fully saturated rings. The van der Waals surface area contributed by atoms with E-state index < -0.39 is 30.2 Å². The third-order valence-corrected chi connectivity index (χ3v) is 3.44. The number of hydrogen-bond acceptors (Lipinski definition) is 5. The second kappa shape index (κ2) is 5.94. The number of carbonyl (C=O) groups excluding carboxylic acids is 2. The molecule has 1 aliphatic heterocycles. The van der Waals surface area contributed by atoms with Crippen LogP contribution in [-0.2, 0) is 16.0 Å². The van der Waals surface area contributed by atoms with Crippen LogP contribution in [0.5, 0.6) is 0 Å². The molecular formula is C13H17N3O5. The average Bonchev–Trinajstić information content (AvgIpc) is 2.81. The van der Waals surface area contributed by atoms with Crippen molar-refractivity contribution >= 4 is 17.8 Å². The predicted molar refractivity (Wildman–Crippen MR) is 70.7 cm³/mol. The van der Waals surface area contributed by atoms with Gasteiger partial charge in [0.25, 0.3) is 5.91 Å². The molecule has 1 saturated heterocycles. The molecule has 0 radical (unpaired) electrons. The fourth-order valence-corrected chi connectivity index (χ4v) is 2.40. The van der Waals surface area contributed by atoms with Crippen LogP contribution in [-0.4, -0.2) is 52.1 Å². The van der Waals surface area contributed by atoms with Gasteiger partial charge in [0, 0.05) is 13.1 Å². The summed E-state index contributed by atoms with van der Waals surface area (Å²) in [6, 6.07) is -1.01. The van der Waals surface area contributed by atoms with Crippen LogP contribution >= 0.6 is 0 Å². The molecule has 0 aliphatic carbocycles. The minimum absolute atomic E-state index is 0.260. The average molecular weight is 295 g/mol. The fourth-order valence-electron chi connectivity index (χ4n) is 2.40. The van der Waals surface area contributed by atoms with E-state index in [0.717, 1.165) is 0 Å². The number of nitrogens with zero attached hydrogens (tertiary/aromatic N) is 2. The van der Waals surface area contributed by atoms with E-state index in [-0.39, 0.29) is 6.54 Å². The highest BCUT2D eigenvalue weighted by Crippen LogP contribution is 2.20. The van der Waals surface area contributed by atoms with Crippen molar-refractivity contribution in [1.29, 1.82) is 0 Å². The van der Waals surface area contributed by atoms with Gasteiger partial charge in [-0.25, -0.2) is 0 Å². The lowest BCUT2D eigenvalue weighted by Crippen LogP contribution is -2.57. The van der Waals surface area contributed by atoms with Gasteiger partial charge in [0.1, 0.15) is 17.4 Å². The Hall–Kier alpha value is -2.38. The summed E-state index contributed by atoms with van der Waals surface area (Å²) in [5.74, 6) is -1.62. The molecule has 8 heteroatoms. The van der Waals surface area contributed by atoms with Gasteiger partial charge in [-0.1, -0.05) is 12.1 Å². The maximum absolute atomic E-state index is 12.7. The molecule has 2 heterocycles. The quantitative estimate of drug-likeness (QED) is 0.806. The first kappa shape index (κ1) is 15.0. The van der Waals surface area contributed by atoms with E-state index in [2.05, 4.69) is 10.5 Å². The molecule has 0 bridgehead atoms. The van der Waals surface area contributed by atoms with Crippen molar-refractivity contribution < 1.29 is 24.0 Å². The monoisotopic (exact) mass is 295 g/mol. The molecule has 0 saturated carbocycles. The van der Waals surface area contributed by atoms with Gasteiger partial charge in [0.15, 0.2) is 0 Å². The van der Waals surface area contributed by atoms with E-state index in [1.807, 2.05) is 6.92 Å². The first-order valence-corrected chi connectivity index (χ1v) is 6.71. The largest absolute Gasteiger partial charge is 0.481 e. The summed E-state index contributed by atoms with van der Waals surface area (Å²) in [6.07, 6.45) is 0.0887. The van der Waals surface area contributed by atoms with Crippen molar-refractivity contribution in [3.8, 4) is 0 Å². The van der Waals surface area contributed by atoms with Crippen LogP contribution in [0.15, 0.2) is 4.52 Å². The molecule has 1 aromatic rings. The zero-order chi connectivity index (χ0) is 15.6. The summed E-state index contributed by atoms with van der Waals surface area (Å²) in [5, 5.41) is 15.3. The van der Waals surface area contributed by atoms with Gasteiger partial charge in [-0.15, -0.1) is 0 Å². The summed E-state index contributed by atoms with van der Waals surface area (Å²) in [5.41, 5.74) is 0.833. The molecule has 21 heavy (non-hydrogen) atoms. The van der Waals surface area contributed by atoms with Gasteiger partial charge in [-0.2, -0.15) is 0 Å². The Morgan fingerprint density at radius 2 is 2.24 bits per heavy atom. The van der Waals surface area contributed by atoms with Gasteiger partial charge in [-0.3, -0.25) is 14.4 Å². The minimum Gasteiger partial charge on any atom is -0.481 e. The number of aryl methyl sites for hydroxylation is 2. The first-order chi connectivity index (χ1) is 9.95. The van der Waals surface area contributed by atoms with Crippen molar-refractivity contribution in [3.05, 3.63) is 17.0 Å². The van der Waals surface area contributed by atoms with Gasteiger partial charge in [0.05, 0.1) is 12.1 Å². The first-order valence-electron chi connectivity index (χ1n) is 6.71. The molecule has 0 spiro atoms. The second-order valence-corrected chi connectivity index (χ2v) is 4.82. The number of aliphatic carboxylic acids is 1. The van der Waals surface area contributed by atoms with Crippen molar-refractivity contribution in [2.24, 2.45) is 0 Å². The highest BCUT2D eigenvalue weighted by molar-refractivity contribution is 6.00. The van der Waals surface area contributed by atoms with Crippen molar-refractivity contribution in [2.75, 3.05) is 13.1 Å². The highest BCUT2D eigenvalue weighted by Gasteiger charge is 2.37. The SMILES string of the molecule is CCc1noc(C)c1C(=O)N1CCNC(=O)C1CC(=O)O. The van der Waals surface area contributed by atoms with E-state index in [0.29, 0.717) is 30.0 Å². The van der Waals surface area contributed by atoms with Crippen LogP contribution < -0.4 is 5.32 Å². The van der Waals surface area contributed by atoms with E-state index in [1.54, 1.807) is 6.92 Å². The fraction of sp³-hybridized carbons (Fsp3) is 0.538. The number of carboxylic acids is 1. The maximum Gasteiger partial charge on any atom is 0.305 e. The molecule has 1 aromatic heterocycles. The van der Waals surface area contributed by atoms with Crippen LogP contribution in [0.1, 0.15) is 35.2 Å². The van der Waals surface area contributed by atoms with E-state index in [9.17, 15) is 14.4 Å². The lowest BCUT2D eigenvalue weighted by Gasteiger charge is -2.34. The molecule has 1 aliphatic rings. The number of piperazine rings is 1. The minimum atomic E-state index is -1.13. The van der Waals surface area contributed by atoms with Crippen LogP contribution in [0.2, 0.25) is 0 Å². The number of nitrogens with one attached hydrogen (secondary N) is 1. The van der Waals surface area contributed by atoms with Gasteiger partial charge >= 0.3 is 5.97 Å². The smallest absolute Gasteiger partial charge is 0.305 e. The Labute approximate surface area is 121 Å². The molecule has 2 amide bonds. The van der Waals surface area contributed by atoms with Crippen molar-refractivity contribution in [2.45, 2.75) is 32.7 Å². The normalized spacial score (nSPS) is 18.5. The Balaban J connectivity index is 2.32.